The van der Waals surface area contributed by atoms with Crippen molar-refractivity contribution in [3.05, 3.63) is 90.6 Å². The number of halogens is 1. The van der Waals surface area contributed by atoms with Crippen LogP contribution in [0, 0.1) is 29.6 Å². The Labute approximate surface area is 277 Å². The summed E-state index contributed by atoms with van der Waals surface area (Å²) in [6.45, 7) is 35.0. The standard InChI is InChI=1S/C29H44.C6H12.C3H7F.C3H6.C2H6/c1-8-12-15-19-26(10-3)29(22-24(6)23(5)18-13-9-2)28(11-4)25(7)27-20-16-14-17-21-27;1-5-3-6(2)4-5;1-3(2)4;1-3-2;1-2/h9,13-14,16-18,20-22,26,28-29H,7-8,10-12,15,19H2,1-6H3;5-6H,3-4H2,1-2H3;3H,1-2H3;3H,1H2,2H3;1-2H3/b13-9-,23-18-,24-22+;;;;. The van der Waals surface area contributed by atoms with Gasteiger partial charge >= 0.3 is 0 Å². The number of rotatable bonds is 13. The fourth-order valence-corrected chi connectivity index (χ4v) is 5.62. The Hall–Kier alpha value is -2.15. The highest BCUT2D eigenvalue weighted by Crippen LogP contribution is 2.40. The lowest BCUT2D eigenvalue weighted by atomic mass is 9.71. The lowest BCUT2D eigenvalue weighted by Crippen LogP contribution is -2.23. The molecule has 1 aliphatic carbocycles. The molecule has 0 amide bonds. The SMILES string of the molecule is C=C(c1ccccc1)C(CC)C(/C=C(C)/C(C)=C\C=C/C)C(CC)CCCCC.C=CC.CC.CC(C)F.CC1CC(C)C1. The van der Waals surface area contributed by atoms with E-state index in [0.29, 0.717) is 17.8 Å². The van der Waals surface area contributed by atoms with Crippen LogP contribution in [0.15, 0.2) is 85.0 Å². The van der Waals surface area contributed by atoms with Gasteiger partial charge in [-0.25, -0.2) is 4.39 Å². The van der Waals surface area contributed by atoms with Gasteiger partial charge in [-0.3, -0.25) is 0 Å². The zero-order valence-electron chi connectivity index (χ0n) is 31.7. The molecule has 0 bridgehead atoms. The summed E-state index contributed by atoms with van der Waals surface area (Å²) >= 11 is 0. The molecule has 0 aliphatic heterocycles. The van der Waals surface area contributed by atoms with E-state index in [1.807, 2.05) is 20.8 Å². The van der Waals surface area contributed by atoms with Crippen LogP contribution in [0.5, 0.6) is 0 Å². The van der Waals surface area contributed by atoms with Crippen LogP contribution in [0.4, 0.5) is 4.39 Å². The first-order chi connectivity index (χ1) is 20.9. The van der Waals surface area contributed by atoms with Crippen molar-refractivity contribution in [2.24, 2.45) is 29.6 Å². The van der Waals surface area contributed by atoms with Gasteiger partial charge in [0.25, 0.3) is 0 Å². The second-order valence-corrected chi connectivity index (χ2v) is 12.5. The fraction of sp³-hybridized carbons (Fsp3) is 0.628. The molecule has 1 aromatic rings. The van der Waals surface area contributed by atoms with Crippen LogP contribution in [-0.2, 0) is 0 Å². The Balaban J connectivity index is -0.000000918. The predicted octanol–water partition coefficient (Wildman–Crippen LogP) is 15.1. The van der Waals surface area contributed by atoms with Gasteiger partial charge in [-0.2, -0.15) is 0 Å². The zero-order chi connectivity index (χ0) is 34.5. The molecule has 1 aromatic carbocycles. The molecule has 0 nitrogen and oxygen atoms in total. The molecule has 0 spiro atoms. The molecular weight excluding hydrogens is 535 g/mol. The third kappa shape index (κ3) is 23.3. The van der Waals surface area contributed by atoms with E-state index in [1.54, 1.807) is 6.08 Å². The van der Waals surface area contributed by atoms with Gasteiger partial charge < -0.3 is 0 Å². The lowest BCUT2D eigenvalue weighted by molar-refractivity contribution is 0.233. The minimum Gasteiger partial charge on any atom is -0.248 e. The molecule has 1 fully saturated rings. The average Bonchev–Trinajstić information content (AvgIpc) is 2.99. The minimum atomic E-state index is -0.667. The number of alkyl halides is 1. The summed E-state index contributed by atoms with van der Waals surface area (Å²) < 4.78 is 11.0. The van der Waals surface area contributed by atoms with Crippen LogP contribution in [0.3, 0.4) is 0 Å². The summed E-state index contributed by atoms with van der Waals surface area (Å²) in [6.07, 6.45) is 20.7. The topological polar surface area (TPSA) is 0 Å². The van der Waals surface area contributed by atoms with Crippen molar-refractivity contribution in [1.29, 1.82) is 0 Å². The Morgan fingerprint density at radius 3 is 1.77 bits per heavy atom. The third-order valence-electron chi connectivity index (χ3n) is 7.96. The van der Waals surface area contributed by atoms with Crippen LogP contribution >= 0.6 is 0 Å². The van der Waals surface area contributed by atoms with Crippen molar-refractivity contribution >= 4 is 5.57 Å². The lowest BCUT2D eigenvalue weighted by Gasteiger charge is -2.33. The van der Waals surface area contributed by atoms with E-state index in [2.05, 4.69) is 123 Å². The third-order valence-corrected chi connectivity index (χ3v) is 7.96. The largest absolute Gasteiger partial charge is 0.248 e. The van der Waals surface area contributed by atoms with E-state index in [-0.39, 0.29) is 0 Å². The molecule has 44 heavy (non-hydrogen) atoms. The van der Waals surface area contributed by atoms with Crippen molar-refractivity contribution in [3.8, 4) is 0 Å². The Kier molecular flexibility index (Phi) is 32.5. The normalized spacial score (nSPS) is 18.0. The van der Waals surface area contributed by atoms with E-state index >= 15 is 0 Å². The molecule has 3 atom stereocenters. The molecule has 1 saturated carbocycles. The predicted molar refractivity (Wildman–Crippen MR) is 204 cm³/mol. The molecule has 0 radical (unpaired) electrons. The monoisotopic (exact) mass is 611 g/mol. The summed E-state index contributed by atoms with van der Waals surface area (Å²) in [6, 6.07) is 10.8. The first kappa shape index (κ1) is 46.3. The number of allylic oxidation sites excluding steroid dienone is 8. The molecule has 0 N–H and O–H groups in total. The fourth-order valence-electron chi connectivity index (χ4n) is 5.62. The van der Waals surface area contributed by atoms with E-state index in [1.165, 1.54) is 81.1 Å². The summed E-state index contributed by atoms with van der Waals surface area (Å²) in [4.78, 5) is 0. The van der Waals surface area contributed by atoms with Crippen LogP contribution in [-0.4, -0.2) is 6.17 Å². The molecule has 1 aliphatic rings. The molecule has 0 heterocycles. The number of unbranched alkanes of at least 4 members (excludes halogenated alkanes) is 2. The van der Waals surface area contributed by atoms with Crippen molar-refractivity contribution in [2.45, 2.75) is 148 Å². The summed E-state index contributed by atoms with van der Waals surface area (Å²) in [7, 11) is 0. The maximum absolute atomic E-state index is 11.0. The van der Waals surface area contributed by atoms with E-state index in [4.69, 9.17) is 0 Å². The van der Waals surface area contributed by atoms with Gasteiger partial charge in [0.1, 0.15) is 0 Å². The van der Waals surface area contributed by atoms with Crippen LogP contribution in [0.1, 0.15) is 147 Å². The van der Waals surface area contributed by atoms with Crippen molar-refractivity contribution in [2.75, 3.05) is 0 Å². The van der Waals surface area contributed by atoms with Gasteiger partial charge in [0.15, 0.2) is 0 Å². The zero-order valence-corrected chi connectivity index (χ0v) is 31.7. The van der Waals surface area contributed by atoms with Crippen molar-refractivity contribution in [1.82, 2.24) is 0 Å². The van der Waals surface area contributed by atoms with Crippen molar-refractivity contribution < 1.29 is 4.39 Å². The maximum atomic E-state index is 11.0. The quantitative estimate of drug-likeness (QED) is 0.118. The molecular formula is C43H75F. The van der Waals surface area contributed by atoms with Gasteiger partial charge in [0, 0.05) is 0 Å². The van der Waals surface area contributed by atoms with Crippen LogP contribution in [0.2, 0.25) is 0 Å². The maximum Gasteiger partial charge on any atom is 0.0945 e. The van der Waals surface area contributed by atoms with E-state index in [0.717, 1.165) is 18.3 Å². The Morgan fingerprint density at radius 1 is 0.909 bits per heavy atom. The Bertz CT molecular complexity index is 870. The highest BCUT2D eigenvalue weighted by molar-refractivity contribution is 5.65. The number of hydrogen-bond acceptors (Lipinski definition) is 0. The van der Waals surface area contributed by atoms with Gasteiger partial charge in [0.05, 0.1) is 6.17 Å². The number of benzene rings is 1. The van der Waals surface area contributed by atoms with Gasteiger partial charge in [-0.15, -0.1) is 6.58 Å². The smallest absolute Gasteiger partial charge is 0.0945 e. The molecule has 1 heteroatoms. The summed E-state index contributed by atoms with van der Waals surface area (Å²) in [5, 5.41) is 0. The second-order valence-electron chi connectivity index (χ2n) is 12.5. The summed E-state index contributed by atoms with van der Waals surface area (Å²) in [5.41, 5.74) is 5.35. The second kappa shape index (κ2) is 30.9. The molecule has 2 rings (SSSR count). The average molecular weight is 611 g/mol. The van der Waals surface area contributed by atoms with Gasteiger partial charge in [0.2, 0.25) is 0 Å². The van der Waals surface area contributed by atoms with Gasteiger partial charge in [-0.05, 0) is 114 Å². The highest BCUT2D eigenvalue weighted by Gasteiger charge is 2.28. The van der Waals surface area contributed by atoms with E-state index in [9.17, 15) is 4.39 Å². The minimum absolute atomic E-state index is 0.480. The molecule has 0 aromatic heterocycles. The molecule has 3 unspecified atom stereocenters. The van der Waals surface area contributed by atoms with E-state index < -0.39 is 6.17 Å². The highest BCUT2D eigenvalue weighted by atomic mass is 19.1. The van der Waals surface area contributed by atoms with Crippen molar-refractivity contribution in [3.63, 3.8) is 0 Å². The summed E-state index contributed by atoms with van der Waals surface area (Å²) in [5.74, 6) is 3.80. The molecule has 0 saturated heterocycles. The first-order valence-electron chi connectivity index (χ1n) is 17.9. The Morgan fingerprint density at radius 2 is 1.41 bits per heavy atom. The van der Waals surface area contributed by atoms with Crippen LogP contribution < -0.4 is 0 Å². The number of hydrogen-bond donors (Lipinski definition) is 0. The van der Waals surface area contributed by atoms with Crippen LogP contribution in [0.25, 0.3) is 5.57 Å². The van der Waals surface area contributed by atoms with Gasteiger partial charge in [-0.1, -0.05) is 147 Å². The first-order valence-corrected chi connectivity index (χ1v) is 17.9. The molecule has 254 valence electrons.